The lowest BCUT2D eigenvalue weighted by Crippen LogP contribution is -2.29. The van der Waals surface area contributed by atoms with Gasteiger partial charge in [-0.05, 0) is 96.7 Å². The van der Waals surface area contributed by atoms with Gasteiger partial charge in [-0.1, -0.05) is 67.4 Å². The molecular formula is C39H44O8. The highest BCUT2D eigenvalue weighted by molar-refractivity contribution is 5.87. The van der Waals surface area contributed by atoms with Gasteiger partial charge in [-0.3, -0.25) is 9.59 Å². The molecule has 3 aromatic carbocycles. The van der Waals surface area contributed by atoms with Gasteiger partial charge >= 0.3 is 11.9 Å². The number of carboxylic acid groups (broad SMARTS) is 2. The van der Waals surface area contributed by atoms with E-state index in [4.69, 9.17) is 24.1 Å². The number of hydrogen-bond acceptors (Lipinski definition) is 6. The number of allylic oxidation sites excluding steroid dienone is 2. The summed E-state index contributed by atoms with van der Waals surface area (Å²) < 4.78 is 23.7. The van der Waals surface area contributed by atoms with Crippen LogP contribution in [-0.4, -0.2) is 47.8 Å². The lowest BCUT2D eigenvalue weighted by Gasteiger charge is -2.32. The number of fused-ring (bicyclic) bond motifs is 1. The number of rotatable bonds is 18. The zero-order chi connectivity index (χ0) is 33.1. The van der Waals surface area contributed by atoms with E-state index in [2.05, 4.69) is 49.4 Å². The number of aryl methyl sites for hydroxylation is 1. The van der Waals surface area contributed by atoms with E-state index < -0.39 is 17.5 Å². The first-order chi connectivity index (χ1) is 22.8. The van der Waals surface area contributed by atoms with Gasteiger partial charge in [0.25, 0.3) is 0 Å². The van der Waals surface area contributed by atoms with E-state index >= 15 is 0 Å². The molecule has 47 heavy (non-hydrogen) atoms. The average Bonchev–Trinajstić information content (AvgIpc) is 3.54. The molecule has 0 saturated heterocycles. The topological polar surface area (TPSA) is 112 Å². The Bertz CT molecular complexity index is 1590. The van der Waals surface area contributed by atoms with Gasteiger partial charge in [0.1, 0.15) is 5.75 Å². The van der Waals surface area contributed by atoms with Crippen LogP contribution >= 0.6 is 0 Å². The monoisotopic (exact) mass is 640 g/mol. The minimum atomic E-state index is -0.858. The van der Waals surface area contributed by atoms with E-state index in [1.54, 1.807) is 0 Å². The molecule has 1 atom stereocenters. The fraction of sp³-hybridized carbons (Fsp3) is 0.385. The van der Waals surface area contributed by atoms with Crippen molar-refractivity contribution >= 4 is 23.1 Å². The molecule has 0 spiro atoms. The molecule has 0 aromatic heterocycles. The number of carboxylic acids is 2. The molecular weight excluding hydrogens is 596 g/mol. The summed E-state index contributed by atoms with van der Waals surface area (Å²) in [6, 6.07) is 22.3. The molecule has 3 aromatic rings. The molecule has 0 saturated carbocycles. The van der Waals surface area contributed by atoms with Crippen LogP contribution in [0.4, 0.5) is 0 Å². The van der Waals surface area contributed by atoms with Crippen LogP contribution in [0.15, 0.2) is 78.9 Å². The van der Waals surface area contributed by atoms with Gasteiger partial charge < -0.3 is 29.2 Å². The summed E-state index contributed by atoms with van der Waals surface area (Å²) >= 11 is 0. The second-order valence-electron chi connectivity index (χ2n) is 12.3. The van der Waals surface area contributed by atoms with Crippen LogP contribution in [0.3, 0.4) is 0 Å². The summed E-state index contributed by atoms with van der Waals surface area (Å²) in [6.45, 7) is 3.33. The van der Waals surface area contributed by atoms with Crippen LogP contribution < -0.4 is 14.2 Å². The molecule has 8 heteroatoms. The summed E-state index contributed by atoms with van der Waals surface area (Å²) in [6.07, 6.45) is 10.9. The van der Waals surface area contributed by atoms with Crippen molar-refractivity contribution < 1.29 is 38.7 Å². The molecule has 0 fully saturated rings. The third-order valence-electron chi connectivity index (χ3n) is 8.57. The van der Waals surface area contributed by atoms with Gasteiger partial charge in [-0.2, -0.15) is 0 Å². The van der Waals surface area contributed by atoms with Crippen molar-refractivity contribution in [3.63, 3.8) is 0 Å². The van der Waals surface area contributed by atoms with Crippen molar-refractivity contribution in [3.8, 4) is 17.2 Å². The van der Waals surface area contributed by atoms with E-state index in [1.165, 1.54) is 11.1 Å². The highest BCUT2D eigenvalue weighted by Gasteiger charge is 2.29. The minimum absolute atomic E-state index is 0.0185. The molecule has 8 nitrogen and oxygen atoms in total. The third-order valence-corrected chi connectivity index (χ3v) is 8.57. The second kappa shape index (κ2) is 16.3. The van der Waals surface area contributed by atoms with Crippen molar-refractivity contribution in [2.75, 3.05) is 20.0 Å². The van der Waals surface area contributed by atoms with Gasteiger partial charge in [-0.25, -0.2) is 0 Å². The van der Waals surface area contributed by atoms with Crippen LogP contribution in [0, 0.1) is 0 Å². The number of ether oxygens (including phenoxy) is 4. The molecule has 0 bridgehead atoms. The van der Waals surface area contributed by atoms with Gasteiger partial charge in [0.15, 0.2) is 11.5 Å². The quantitative estimate of drug-likeness (QED) is 0.134. The first-order valence-corrected chi connectivity index (χ1v) is 16.5. The number of benzene rings is 3. The summed E-state index contributed by atoms with van der Waals surface area (Å²) in [5.74, 6) is 0.466. The Kier molecular flexibility index (Phi) is 11.7. The second-order valence-corrected chi connectivity index (χ2v) is 12.3. The molecule has 2 aliphatic rings. The van der Waals surface area contributed by atoms with E-state index in [0.29, 0.717) is 25.2 Å². The number of aliphatic carboxylic acids is 2. The summed E-state index contributed by atoms with van der Waals surface area (Å²) in [7, 11) is 0. The lowest BCUT2D eigenvalue weighted by atomic mass is 9.82. The average molecular weight is 641 g/mol. The number of hydrogen-bond donors (Lipinski definition) is 2. The van der Waals surface area contributed by atoms with Crippen molar-refractivity contribution in [1.29, 1.82) is 0 Å². The number of unbranched alkanes of at least 4 members (excludes halogenated alkanes) is 3. The van der Waals surface area contributed by atoms with Crippen LogP contribution in [0.5, 0.6) is 17.2 Å². The van der Waals surface area contributed by atoms with Crippen molar-refractivity contribution in [3.05, 3.63) is 101 Å². The van der Waals surface area contributed by atoms with E-state index in [9.17, 15) is 14.7 Å². The SMILES string of the molecule is CC1(OCCCCCCc2cccc(OCCCC(=O)O)c2CCC(=O)O)C=C(c2ccc3c(c2)OCO3)C=C(c2ccccc2)C1. The van der Waals surface area contributed by atoms with Gasteiger partial charge in [0.2, 0.25) is 6.79 Å². The van der Waals surface area contributed by atoms with Gasteiger partial charge in [0, 0.05) is 25.9 Å². The maximum absolute atomic E-state index is 11.3. The Morgan fingerprint density at radius 1 is 0.787 bits per heavy atom. The predicted octanol–water partition coefficient (Wildman–Crippen LogP) is 8.13. The number of carbonyl (C=O) groups is 2. The zero-order valence-electron chi connectivity index (χ0n) is 27.0. The summed E-state index contributed by atoms with van der Waals surface area (Å²) in [5.41, 5.74) is 6.12. The maximum Gasteiger partial charge on any atom is 0.303 e. The Morgan fingerprint density at radius 2 is 1.57 bits per heavy atom. The fourth-order valence-corrected chi connectivity index (χ4v) is 6.19. The largest absolute Gasteiger partial charge is 0.493 e. The molecule has 5 rings (SSSR count). The molecule has 2 N–H and O–H groups in total. The van der Waals surface area contributed by atoms with Crippen molar-refractivity contribution in [1.82, 2.24) is 0 Å². The van der Waals surface area contributed by atoms with Crippen molar-refractivity contribution in [2.45, 2.75) is 76.7 Å². The third kappa shape index (κ3) is 9.72. The lowest BCUT2D eigenvalue weighted by molar-refractivity contribution is -0.138. The Morgan fingerprint density at radius 3 is 2.38 bits per heavy atom. The van der Waals surface area contributed by atoms with E-state index in [0.717, 1.165) is 72.3 Å². The molecule has 0 amide bonds. The predicted molar refractivity (Wildman–Crippen MR) is 181 cm³/mol. The first-order valence-electron chi connectivity index (χ1n) is 16.5. The molecule has 1 heterocycles. The van der Waals surface area contributed by atoms with Crippen molar-refractivity contribution in [2.24, 2.45) is 0 Å². The summed E-state index contributed by atoms with van der Waals surface area (Å²) in [5, 5.41) is 18.2. The smallest absolute Gasteiger partial charge is 0.303 e. The normalized spacial score (nSPS) is 16.8. The van der Waals surface area contributed by atoms with E-state index in [1.807, 2.05) is 36.4 Å². The maximum atomic E-state index is 11.3. The Balaban J connectivity index is 1.15. The molecule has 1 aliphatic carbocycles. The van der Waals surface area contributed by atoms with Crippen LogP contribution in [0.25, 0.3) is 11.1 Å². The van der Waals surface area contributed by atoms with Gasteiger partial charge in [-0.15, -0.1) is 0 Å². The van der Waals surface area contributed by atoms with Gasteiger partial charge in [0.05, 0.1) is 12.2 Å². The van der Waals surface area contributed by atoms with E-state index in [-0.39, 0.29) is 26.2 Å². The molecule has 1 unspecified atom stereocenters. The molecule has 1 aliphatic heterocycles. The molecule has 0 radical (unpaired) electrons. The Hall–Kier alpha value is -4.56. The fourth-order valence-electron chi connectivity index (χ4n) is 6.19. The highest BCUT2D eigenvalue weighted by Crippen LogP contribution is 2.41. The first kappa shape index (κ1) is 33.8. The minimum Gasteiger partial charge on any atom is -0.493 e. The molecule has 248 valence electrons. The zero-order valence-corrected chi connectivity index (χ0v) is 27.0. The van der Waals surface area contributed by atoms with Crippen LogP contribution in [-0.2, 0) is 27.2 Å². The van der Waals surface area contributed by atoms with Crippen LogP contribution in [0.1, 0.15) is 80.5 Å². The van der Waals surface area contributed by atoms with Crippen LogP contribution in [0.2, 0.25) is 0 Å². The highest BCUT2D eigenvalue weighted by atomic mass is 16.7. The Labute approximate surface area is 276 Å². The summed E-state index contributed by atoms with van der Waals surface area (Å²) in [4.78, 5) is 22.2. The standard InChI is InChI=1S/C39H44O8/c1-39(25-31(28-11-6-4-7-12-28)23-32(26-39)30-17-19-35-36(24-30)46-27-45-35)47-22-8-3-2-5-13-29-14-9-15-34(33(29)18-20-38(42)43)44-21-10-16-37(40)41/h4,6-7,9,11-12,14-15,17,19,23-24,26H,2-3,5,8,10,13,16,18,20-22,25,27H2,1H3,(H,40,41)(H,42,43).